The molecule has 21 heavy (non-hydrogen) atoms. The number of nitrogens with one attached hydrogen (secondary N) is 2. The first kappa shape index (κ1) is 13.4. The summed E-state index contributed by atoms with van der Waals surface area (Å²) in [6.07, 6.45) is 3.02. The van der Waals surface area contributed by atoms with Gasteiger partial charge in [-0.15, -0.1) is 0 Å². The Hall–Kier alpha value is -2.54. The third-order valence-corrected chi connectivity index (χ3v) is 3.69. The van der Waals surface area contributed by atoms with E-state index in [0.717, 1.165) is 16.8 Å². The molecule has 1 aromatic carbocycles. The lowest BCUT2D eigenvalue weighted by atomic mass is 10.3. The summed E-state index contributed by atoms with van der Waals surface area (Å²) in [4.78, 5) is 24.7. The Labute approximate surface area is 125 Å². The largest absolute Gasteiger partial charge is 0.369 e. The number of nitrogens with zero attached hydrogens (tertiary/aromatic N) is 3. The molecule has 106 valence electrons. The zero-order valence-electron chi connectivity index (χ0n) is 11.3. The average molecular weight is 299 g/mol. The monoisotopic (exact) mass is 299 g/mol. The van der Waals surface area contributed by atoms with Crippen LogP contribution in [0.1, 0.15) is 17.4 Å². The number of fused-ring (bicyclic) bond motifs is 1. The molecule has 0 spiro atoms. The number of aromatic nitrogens is 3. The van der Waals surface area contributed by atoms with Crippen LogP contribution in [0.2, 0.25) is 0 Å². The summed E-state index contributed by atoms with van der Waals surface area (Å²) < 4.78 is 1.03. The predicted octanol–water partition coefficient (Wildman–Crippen LogP) is 2.77. The van der Waals surface area contributed by atoms with E-state index in [2.05, 4.69) is 25.6 Å². The number of hydrogen-bond acceptors (Lipinski definition) is 6. The van der Waals surface area contributed by atoms with Gasteiger partial charge in [0.25, 0.3) is 5.91 Å². The quantitative estimate of drug-likeness (QED) is 0.774. The number of hydrogen-bond donors (Lipinski definition) is 2. The van der Waals surface area contributed by atoms with Gasteiger partial charge in [-0.3, -0.25) is 15.1 Å². The highest BCUT2D eigenvalue weighted by Crippen LogP contribution is 2.25. The van der Waals surface area contributed by atoms with E-state index >= 15 is 0 Å². The van der Waals surface area contributed by atoms with Crippen molar-refractivity contribution >= 4 is 38.4 Å². The van der Waals surface area contributed by atoms with Crippen molar-refractivity contribution < 1.29 is 4.79 Å². The van der Waals surface area contributed by atoms with E-state index in [9.17, 15) is 4.79 Å². The Morgan fingerprint density at radius 3 is 2.90 bits per heavy atom. The molecule has 0 bridgehead atoms. The zero-order valence-corrected chi connectivity index (χ0v) is 12.1. The lowest BCUT2D eigenvalue weighted by molar-refractivity contribution is 0.102. The van der Waals surface area contributed by atoms with Crippen LogP contribution in [0.4, 0.5) is 10.9 Å². The van der Waals surface area contributed by atoms with Crippen LogP contribution in [-0.2, 0) is 0 Å². The first-order valence-electron chi connectivity index (χ1n) is 6.49. The normalized spacial score (nSPS) is 10.5. The summed E-state index contributed by atoms with van der Waals surface area (Å²) in [6.45, 7) is 2.67. The molecule has 0 aliphatic heterocycles. The number of amides is 1. The predicted molar refractivity (Wildman–Crippen MR) is 83.8 cm³/mol. The highest BCUT2D eigenvalue weighted by molar-refractivity contribution is 7.22. The third kappa shape index (κ3) is 2.97. The van der Waals surface area contributed by atoms with Crippen LogP contribution in [0.5, 0.6) is 0 Å². The SMILES string of the molecule is CCNc1cncc(C(=O)Nc2nc3ccccc3s2)n1. The number of carbonyl (C=O) groups is 1. The first-order chi connectivity index (χ1) is 10.3. The van der Waals surface area contributed by atoms with Gasteiger partial charge in [0.05, 0.1) is 22.6 Å². The maximum absolute atomic E-state index is 12.2. The Morgan fingerprint density at radius 2 is 2.10 bits per heavy atom. The molecule has 0 fully saturated rings. The number of anilines is 2. The van der Waals surface area contributed by atoms with Gasteiger partial charge in [-0.25, -0.2) is 9.97 Å². The molecule has 0 radical (unpaired) electrons. The summed E-state index contributed by atoms with van der Waals surface area (Å²) in [5, 5.41) is 6.33. The molecular weight excluding hydrogens is 286 g/mol. The van der Waals surface area contributed by atoms with Crippen LogP contribution in [0.15, 0.2) is 36.7 Å². The molecular formula is C14H13N5OS. The van der Waals surface area contributed by atoms with Gasteiger partial charge in [-0.1, -0.05) is 23.5 Å². The van der Waals surface area contributed by atoms with Crippen molar-refractivity contribution in [1.29, 1.82) is 0 Å². The van der Waals surface area contributed by atoms with Gasteiger partial charge in [0.15, 0.2) is 5.13 Å². The Balaban J connectivity index is 1.80. The minimum absolute atomic E-state index is 0.257. The van der Waals surface area contributed by atoms with E-state index in [1.54, 1.807) is 6.20 Å². The van der Waals surface area contributed by atoms with Crippen LogP contribution in [0, 0.1) is 0 Å². The molecule has 0 saturated carbocycles. The van der Waals surface area contributed by atoms with Crippen LogP contribution in [-0.4, -0.2) is 27.4 Å². The molecule has 0 saturated heterocycles. The highest BCUT2D eigenvalue weighted by Gasteiger charge is 2.12. The van der Waals surface area contributed by atoms with Crippen molar-refractivity contribution in [3.05, 3.63) is 42.4 Å². The summed E-state index contributed by atoms with van der Waals surface area (Å²) in [7, 11) is 0. The summed E-state index contributed by atoms with van der Waals surface area (Å²) >= 11 is 1.43. The van der Waals surface area contributed by atoms with Gasteiger partial charge >= 0.3 is 0 Å². The van der Waals surface area contributed by atoms with Gasteiger partial charge in [0.2, 0.25) is 0 Å². The van der Waals surface area contributed by atoms with Crippen molar-refractivity contribution in [3.63, 3.8) is 0 Å². The van der Waals surface area contributed by atoms with Gasteiger partial charge in [0, 0.05) is 6.54 Å². The maximum atomic E-state index is 12.2. The van der Waals surface area contributed by atoms with Gasteiger partial charge in [-0.05, 0) is 19.1 Å². The number of carbonyl (C=O) groups excluding carboxylic acids is 1. The molecule has 0 aliphatic rings. The molecule has 0 aliphatic carbocycles. The van der Waals surface area contributed by atoms with E-state index in [0.29, 0.717) is 10.9 Å². The molecule has 0 unspecified atom stereocenters. The zero-order chi connectivity index (χ0) is 14.7. The summed E-state index contributed by atoms with van der Waals surface area (Å²) in [5.74, 6) is 0.260. The second kappa shape index (κ2) is 5.84. The van der Waals surface area contributed by atoms with Crippen molar-refractivity contribution in [3.8, 4) is 0 Å². The fourth-order valence-electron chi connectivity index (χ4n) is 1.83. The van der Waals surface area contributed by atoms with Crippen LogP contribution in [0.3, 0.4) is 0 Å². The topological polar surface area (TPSA) is 79.8 Å². The van der Waals surface area contributed by atoms with Crippen molar-refractivity contribution in [2.24, 2.45) is 0 Å². The minimum Gasteiger partial charge on any atom is -0.369 e. The number of para-hydroxylation sites is 1. The molecule has 0 atom stereocenters. The molecule has 2 N–H and O–H groups in total. The maximum Gasteiger partial charge on any atom is 0.277 e. The van der Waals surface area contributed by atoms with E-state index in [1.807, 2.05) is 31.2 Å². The van der Waals surface area contributed by atoms with E-state index < -0.39 is 0 Å². The smallest absolute Gasteiger partial charge is 0.277 e. The second-order valence-corrected chi connectivity index (χ2v) is 5.29. The first-order valence-corrected chi connectivity index (χ1v) is 7.31. The average Bonchev–Trinajstić information content (AvgIpc) is 2.90. The molecule has 6 nitrogen and oxygen atoms in total. The lowest BCUT2D eigenvalue weighted by Gasteiger charge is -2.04. The van der Waals surface area contributed by atoms with Crippen LogP contribution < -0.4 is 10.6 Å². The van der Waals surface area contributed by atoms with Crippen molar-refractivity contribution in [1.82, 2.24) is 15.0 Å². The van der Waals surface area contributed by atoms with Crippen LogP contribution in [0.25, 0.3) is 10.2 Å². The highest BCUT2D eigenvalue weighted by atomic mass is 32.1. The fourth-order valence-corrected chi connectivity index (χ4v) is 2.69. The number of thiazole rings is 1. The van der Waals surface area contributed by atoms with Gasteiger partial charge < -0.3 is 5.32 Å². The molecule has 2 aromatic heterocycles. The Bertz CT molecular complexity index is 753. The number of benzene rings is 1. The fraction of sp³-hybridized carbons (Fsp3) is 0.143. The molecule has 2 heterocycles. The lowest BCUT2D eigenvalue weighted by Crippen LogP contribution is -2.15. The minimum atomic E-state index is -0.318. The molecule has 3 rings (SSSR count). The van der Waals surface area contributed by atoms with E-state index in [4.69, 9.17) is 0 Å². The van der Waals surface area contributed by atoms with Crippen molar-refractivity contribution in [2.45, 2.75) is 6.92 Å². The van der Waals surface area contributed by atoms with Crippen LogP contribution >= 0.6 is 11.3 Å². The third-order valence-electron chi connectivity index (χ3n) is 2.74. The van der Waals surface area contributed by atoms with E-state index in [-0.39, 0.29) is 11.6 Å². The summed E-state index contributed by atoms with van der Waals surface area (Å²) in [6, 6.07) is 7.73. The van der Waals surface area contributed by atoms with Crippen molar-refractivity contribution in [2.75, 3.05) is 17.2 Å². The molecule has 1 amide bonds. The number of rotatable bonds is 4. The standard InChI is InChI=1S/C14H13N5OS/c1-2-16-12-8-15-7-10(17-12)13(20)19-14-18-9-5-3-4-6-11(9)21-14/h3-8H,2H2,1H3,(H,16,17)(H,18,19,20). The summed E-state index contributed by atoms with van der Waals surface area (Å²) in [5.41, 5.74) is 1.12. The Morgan fingerprint density at radius 1 is 1.24 bits per heavy atom. The van der Waals surface area contributed by atoms with Gasteiger partial charge in [-0.2, -0.15) is 0 Å². The Kier molecular flexibility index (Phi) is 3.74. The van der Waals surface area contributed by atoms with E-state index in [1.165, 1.54) is 17.5 Å². The molecule has 3 aromatic rings. The van der Waals surface area contributed by atoms with Gasteiger partial charge in [0.1, 0.15) is 11.5 Å². The second-order valence-electron chi connectivity index (χ2n) is 4.26. The molecule has 7 heteroatoms.